The lowest BCUT2D eigenvalue weighted by Crippen LogP contribution is -2.00. The zero-order valence-electron chi connectivity index (χ0n) is 11.2. The molecule has 106 valence electrons. The monoisotopic (exact) mass is 301 g/mol. The summed E-state index contributed by atoms with van der Waals surface area (Å²) in [5, 5.41) is 12.3. The van der Waals surface area contributed by atoms with E-state index in [1.54, 1.807) is 23.9 Å². The van der Waals surface area contributed by atoms with Gasteiger partial charge in [-0.15, -0.1) is 5.10 Å². The summed E-state index contributed by atoms with van der Waals surface area (Å²) >= 11 is 6.14. The lowest BCUT2D eigenvalue weighted by atomic mass is 10.2. The zero-order valence-corrected chi connectivity index (χ0v) is 11.9. The third-order valence-electron chi connectivity index (χ3n) is 2.99. The van der Waals surface area contributed by atoms with Crippen LogP contribution in [0.25, 0.3) is 17.1 Å². The van der Waals surface area contributed by atoms with Crippen LogP contribution in [0.15, 0.2) is 42.5 Å². The van der Waals surface area contributed by atoms with Crippen LogP contribution in [0, 0.1) is 0 Å². The van der Waals surface area contributed by atoms with E-state index in [-0.39, 0.29) is 0 Å². The predicted molar refractivity (Wildman–Crippen MR) is 80.6 cm³/mol. The highest BCUT2D eigenvalue weighted by Gasteiger charge is 2.12. The van der Waals surface area contributed by atoms with Gasteiger partial charge in [0.05, 0.1) is 17.8 Å². The molecule has 7 heteroatoms. The molecule has 0 saturated carbocycles. The van der Waals surface area contributed by atoms with Gasteiger partial charge in [0.25, 0.3) is 0 Å². The van der Waals surface area contributed by atoms with Crippen molar-refractivity contribution in [1.29, 1.82) is 0 Å². The van der Waals surface area contributed by atoms with Crippen LogP contribution in [0.2, 0.25) is 5.02 Å². The molecular weight excluding hydrogens is 290 g/mol. The SMILES string of the molecule is COc1ccc(-n2nnnc2-c2cccc(N)c2)cc1Cl. The second-order valence-corrected chi connectivity index (χ2v) is 4.77. The van der Waals surface area contributed by atoms with Gasteiger partial charge in [-0.05, 0) is 40.8 Å². The molecule has 0 aliphatic heterocycles. The van der Waals surface area contributed by atoms with Gasteiger partial charge in [-0.2, -0.15) is 4.68 Å². The van der Waals surface area contributed by atoms with E-state index in [1.807, 2.05) is 30.3 Å². The molecule has 3 aromatic rings. The Morgan fingerprint density at radius 1 is 1.19 bits per heavy atom. The Morgan fingerprint density at radius 2 is 2.05 bits per heavy atom. The molecule has 6 nitrogen and oxygen atoms in total. The number of nitrogens with two attached hydrogens (primary N) is 1. The van der Waals surface area contributed by atoms with Crippen LogP contribution in [0.4, 0.5) is 5.69 Å². The van der Waals surface area contributed by atoms with Crippen molar-refractivity contribution in [3.8, 4) is 22.8 Å². The standard InChI is InChI=1S/C14H12ClN5O/c1-21-13-6-5-11(8-12(13)15)20-14(17-18-19-20)9-3-2-4-10(16)7-9/h2-8H,16H2,1H3. The van der Waals surface area contributed by atoms with Crippen molar-refractivity contribution in [3.63, 3.8) is 0 Å². The number of benzene rings is 2. The van der Waals surface area contributed by atoms with Gasteiger partial charge >= 0.3 is 0 Å². The maximum absolute atomic E-state index is 6.14. The van der Waals surface area contributed by atoms with Crippen LogP contribution in [-0.2, 0) is 0 Å². The Morgan fingerprint density at radius 3 is 2.76 bits per heavy atom. The van der Waals surface area contributed by atoms with E-state index in [2.05, 4.69) is 15.5 Å². The largest absolute Gasteiger partial charge is 0.495 e. The van der Waals surface area contributed by atoms with Crippen molar-refractivity contribution in [2.24, 2.45) is 0 Å². The van der Waals surface area contributed by atoms with E-state index in [0.717, 1.165) is 11.3 Å². The van der Waals surface area contributed by atoms with E-state index in [0.29, 0.717) is 22.3 Å². The van der Waals surface area contributed by atoms with Crippen LogP contribution < -0.4 is 10.5 Å². The summed E-state index contributed by atoms with van der Waals surface area (Å²) in [6.07, 6.45) is 0. The molecule has 3 rings (SSSR count). The first-order chi connectivity index (χ1) is 10.2. The second-order valence-electron chi connectivity index (χ2n) is 4.36. The lowest BCUT2D eigenvalue weighted by molar-refractivity contribution is 0.415. The van der Waals surface area contributed by atoms with Gasteiger partial charge in [-0.25, -0.2) is 0 Å². The number of rotatable bonds is 3. The number of nitrogens with zero attached hydrogens (tertiary/aromatic N) is 4. The number of tetrazole rings is 1. The first kappa shape index (κ1) is 13.4. The highest BCUT2D eigenvalue weighted by molar-refractivity contribution is 6.32. The van der Waals surface area contributed by atoms with E-state index < -0.39 is 0 Å². The third-order valence-corrected chi connectivity index (χ3v) is 3.29. The maximum atomic E-state index is 6.14. The first-order valence-corrected chi connectivity index (χ1v) is 6.55. The Balaban J connectivity index is 2.09. The molecule has 0 amide bonds. The van der Waals surface area contributed by atoms with Crippen molar-refractivity contribution in [2.75, 3.05) is 12.8 Å². The normalized spacial score (nSPS) is 10.6. The van der Waals surface area contributed by atoms with Gasteiger partial charge < -0.3 is 10.5 Å². The van der Waals surface area contributed by atoms with Crippen molar-refractivity contribution < 1.29 is 4.74 Å². The Kier molecular flexibility index (Phi) is 3.45. The van der Waals surface area contributed by atoms with Crippen molar-refractivity contribution in [2.45, 2.75) is 0 Å². The fraction of sp³-hybridized carbons (Fsp3) is 0.0714. The molecule has 21 heavy (non-hydrogen) atoms. The van der Waals surface area contributed by atoms with Crippen molar-refractivity contribution in [3.05, 3.63) is 47.5 Å². The van der Waals surface area contributed by atoms with Crippen LogP contribution >= 0.6 is 11.6 Å². The number of aromatic nitrogens is 4. The minimum Gasteiger partial charge on any atom is -0.495 e. The summed E-state index contributed by atoms with van der Waals surface area (Å²) < 4.78 is 6.74. The smallest absolute Gasteiger partial charge is 0.187 e. The number of methoxy groups -OCH3 is 1. The number of halogens is 1. The number of hydrogen-bond donors (Lipinski definition) is 1. The summed E-state index contributed by atoms with van der Waals surface area (Å²) in [5.41, 5.74) is 8.01. The van der Waals surface area contributed by atoms with E-state index in [9.17, 15) is 0 Å². The molecular formula is C14H12ClN5O. The topological polar surface area (TPSA) is 78.8 Å². The van der Waals surface area contributed by atoms with E-state index in [1.165, 1.54) is 0 Å². The fourth-order valence-corrected chi connectivity index (χ4v) is 2.26. The molecule has 0 aliphatic rings. The van der Waals surface area contributed by atoms with Gasteiger partial charge in [0.15, 0.2) is 5.82 Å². The van der Waals surface area contributed by atoms with E-state index >= 15 is 0 Å². The lowest BCUT2D eigenvalue weighted by Gasteiger charge is -2.08. The van der Waals surface area contributed by atoms with Crippen LogP contribution in [-0.4, -0.2) is 27.3 Å². The van der Waals surface area contributed by atoms with Crippen LogP contribution in [0.1, 0.15) is 0 Å². The van der Waals surface area contributed by atoms with Gasteiger partial charge in [0.2, 0.25) is 0 Å². The van der Waals surface area contributed by atoms with E-state index in [4.69, 9.17) is 22.1 Å². The van der Waals surface area contributed by atoms with Crippen LogP contribution in [0.3, 0.4) is 0 Å². The average Bonchev–Trinajstić information content (AvgIpc) is 2.96. The van der Waals surface area contributed by atoms with Gasteiger partial charge in [-0.1, -0.05) is 23.7 Å². The Bertz CT molecular complexity index is 787. The summed E-state index contributed by atoms with van der Waals surface area (Å²) in [4.78, 5) is 0. The molecule has 0 atom stereocenters. The number of ether oxygens (including phenoxy) is 1. The summed E-state index contributed by atoms with van der Waals surface area (Å²) in [5.74, 6) is 1.18. The number of nitrogen functional groups attached to an aromatic ring is 1. The van der Waals surface area contributed by atoms with Crippen molar-refractivity contribution >= 4 is 17.3 Å². The first-order valence-electron chi connectivity index (χ1n) is 6.17. The molecule has 0 fully saturated rings. The summed E-state index contributed by atoms with van der Waals surface area (Å²) in [7, 11) is 1.57. The van der Waals surface area contributed by atoms with Crippen LogP contribution in [0.5, 0.6) is 5.75 Å². The molecule has 0 unspecified atom stereocenters. The van der Waals surface area contributed by atoms with Gasteiger partial charge in [-0.3, -0.25) is 0 Å². The summed E-state index contributed by atoms with van der Waals surface area (Å²) in [6, 6.07) is 12.7. The highest BCUT2D eigenvalue weighted by Crippen LogP contribution is 2.28. The third kappa shape index (κ3) is 2.53. The molecule has 0 aliphatic carbocycles. The van der Waals surface area contributed by atoms with Gasteiger partial charge in [0.1, 0.15) is 5.75 Å². The number of anilines is 1. The molecule has 0 spiro atoms. The fourth-order valence-electron chi connectivity index (χ4n) is 2.01. The quantitative estimate of drug-likeness (QED) is 0.752. The highest BCUT2D eigenvalue weighted by atomic mass is 35.5. The maximum Gasteiger partial charge on any atom is 0.187 e. The van der Waals surface area contributed by atoms with Gasteiger partial charge in [0, 0.05) is 11.3 Å². The minimum atomic E-state index is 0.490. The van der Waals surface area contributed by atoms with Crippen molar-refractivity contribution in [1.82, 2.24) is 20.2 Å². The summed E-state index contributed by atoms with van der Waals surface area (Å²) in [6.45, 7) is 0. The zero-order chi connectivity index (χ0) is 14.8. The second kappa shape index (κ2) is 5.41. The number of hydrogen-bond acceptors (Lipinski definition) is 5. The molecule has 1 heterocycles. The molecule has 0 bridgehead atoms. The molecule has 0 radical (unpaired) electrons. The minimum absolute atomic E-state index is 0.490. The predicted octanol–water partition coefficient (Wildman–Crippen LogP) is 2.57. The molecule has 1 aromatic heterocycles. The molecule has 2 aromatic carbocycles. The molecule has 2 N–H and O–H groups in total. The molecule has 0 saturated heterocycles. The average molecular weight is 302 g/mol. The Hall–Kier alpha value is -2.60. The Labute approximate surface area is 126 Å².